The third kappa shape index (κ3) is 6.04. The van der Waals surface area contributed by atoms with Gasteiger partial charge in [0.25, 0.3) is 0 Å². The van der Waals surface area contributed by atoms with Crippen LogP contribution >= 0.6 is 15.9 Å². The average molecular weight is 388 g/mol. The molecule has 2 aromatic carbocycles. The highest BCUT2D eigenvalue weighted by Crippen LogP contribution is 2.23. The number of rotatable bonds is 10. The van der Waals surface area contributed by atoms with Gasteiger partial charge < -0.3 is 10.1 Å². The van der Waals surface area contributed by atoms with E-state index >= 15 is 0 Å². The second kappa shape index (κ2) is 9.36. The zero-order valence-electron chi connectivity index (χ0n) is 14.1. The quantitative estimate of drug-likeness (QED) is 0.581. The van der Waals surface area contributed by atoms with Crippen molar-refractivity contribution in [3.8, 4) is 0 Å². The van der Waals surface area contributed by atoms with Crippen LogP contribution in [0.25, 0.3) is 0 Å². The highest BCUT2D eigenvalue weighted by molar-refractivity contribution is 9.10. The van der Waals surface area contributed by atoms with Gasteiger partial charge in [-0.1, -0.05) is 64.5 Å². The Morgan fingerprint density at radius 2 is 1.79 bits per heavy atom. The molecule has 2 aromatic rings. The smallest absolute Gasteiger partial charge is 0.0716 e. The lowest BCUT2D eigenvalue weighted by atomic mass is 9.96. The summed E-state index contributed by atoms with van der Waals surface area (Å²) >= 11 is 3.68. The van der Waals surface area contributed by atoms with Crippen LogP contribution in [0.3, 0.4) is 0 Å². The van der Waals surface area contributed by atoms with Crippen molar-refractivity contribution < 1.29 is 4.74 Å². The molecule has 0 saturated heterocycles. The minimum absolute atomic E-state index is 0.611. The largest absolute Gasteiger partial charge is 0.377 e. The van der Waals surface area contributed by atoms with Gasteiger partial charge >= 0.3 is 0 Å². The summed E-state index contributed by atoms with van der Waals surface area (Å²) in [5.41, 5.74) is 2.64. The number of benzene rings is 2. The van der Waals surface area contributed by atoms with E-state index in [9.17, 15) is 0 Å². The van der Waals surface area contributed by atoms with Gasteiger partial charge in [0, 0.05) is 17.1 Å². The fourth-order valence-electron chi connectivity index (χ4n) is 2.89. The lowest BCUT2D eigenvalue weighted by Gasteiger charge is -2.18. The normalized spacial score (nSPS) is 15.4. The van der Waals surface area contributed by atoms with Crippen molar-refractivity contribution in [1.82, 2.24) is 5.32 Å². The van der Waals surface area contributed by atoms with Crippen molar-refractivity contribution in [3.63, 3.8) is 0 Å². The summed E-state index contributed by atoms with van der Waals surface area (Å²) in [5.74, 6) is 0.611. The van der Waals surface area contributed by atoms with Crippen LogP contribution in [-0.4, -0.2) is 19.2 Å². The maximum atomic E-state index is 5.90. The van der Waals surface area contributed by atoms with E-state index in [1.165, 1.54) is 28.4 Å². The molecule has 0 amide bonds. The van der Waals surface area contributed by atoms with E-state index in [4.69, 9.17) is 4.74 Å². The minimum Gasteiger partial charge on any atom is -0.377 e. The molecular weight excluding hydrogens is 362 g/mol. The van der Waals surface area contributed by atoms with Gasteiger partial charge in [0.05, 0.1) is 6.61 Å². The fourth-order valence-corrected chi connectivity index (χ4v) is 3.33. The van der Waals surface area contributed by atoms with Crippen LogP contribution in [0.4, 0.5) is 0 Å². The molecule has 0 aromatic heterocycles. The first kappa shape index (κ1) is 17.7. The molecule has 24 heavy (non-hydrogen) atoms. The van der Waals surface area contributed by atoms with Crippen LogP contribution in [0, 0.1) is 5.92 Å². The first-order chi connectivity index (χ1) is 11.8. The van der Waals surface area contributed by atoms with Gasteiger partial charge in [-0.15, -0.1) is 0 Å². The van der Waals surface area contributed by atoms with Gasteiger partial charge in [0.2, 0.25) is 0 Å². The summed E-state index contributed by atoms with van der Waals surface area (Å²) in [7, 11) is 0. The fraction of sp³-hybridized carbons (Fsp3) is 0.429. The highest BCUT2D eigenvalue weighted by atomic mass is 79.9. The Morgan fingerprint density at radius 1 is 1.04 bits per heavy atom. The van der Waals surface area contributed by atoms with Crippen LogP contribution in [-0.2, 0) is 17.8 Å². The molecule has 1 unspecified atom stereocenters. The molecule has 0 spiro atoms. The van der Waals surface area contributed by atoms with E-state index in [0.717, 1.165) is 32.0 Å². The van der Waals surface area contributed by atoms with Crippen molar-refractivity contribution in [2.45, 2.75) is 38.3 Å². The van der Waals surface area contributed by atoms with Gasteiger partial charge in [0.1, 0.15) is 0 Å². The molecule has 0 heterocycles. The molecule has 1 atom stereocenters. The van der Waals surface area contributed by atoms with Crippen molar-refractivity contribution >= 4 is 15.9 Å². The second-order valence-corrected chi connectivity index (χ2v) is 7.53. The van der Waals surface area contributed by atoms with Crippen LogP contribution in [0.1, 0.15) is 30.4 Å². The zero-order valence-corrected chi connectivity index (χ0v) is 15.7. The Labute approximate surface area is 153 Å². The Bertz CT molecular complexity index is 612. The highest BCUT2D eigenvalue weighted by Gasteiger charge is 2.22. The molecule has 3 heteroatoms. The molecule has 3 rings (SSSR count). The molecule has 1 N–H and O–H groups in total. The van der Waals surface area contributed by atoms with E-state index in [1.54, 1.807) is 0 Å². The number of hydrogen-bond donors (Lipinski definition) is 1. The number of nitrogens with one attached hydrogen (secondary N) is 1. The standard InChI is InChI=1S/C21H26BrNO/c22-21-9-5-4-8-19(21)14-18(15-23-20-10-11-20)12-13-24-16-17-6-2-1-3-7-17/h1-9,18,20,23H,10-16H2. The average Bonchev–Trinajstić information content (AvgIpc) is 3.43. The summed E-state index contributed by atoms with van der Waals surface area (Å²) < 4.78 is 7.12. The molecule has 1 saturated carbocycles. The summed E-state index contributed by atoms with van der Waals surface area (Å²) in [6.07, 6.45) is 4.86. The van der Waals surface area contributed by atoms with Crippen LogP contribution < -0.4 is 5.32 Å². The molecule has 0 radical (unpaired) electrons. The molecule has 128 valence electrons. The third-order valence-electron chi connectivity index (χ3n) is 4.52. The Morgan fingerprint density at radius 3 is 2.54 bits per heavy atom. The van der Waals surface area contributed by atoms with E-state index in [1.807, 2.05) is 6.07 Å². The Kier molecular flexibility index (Phi) is 6.88. The molecule has 0 bridgehead atoms. The SMILES string of the molecule is Brc1ccccc1CC(CCOCc1ccccc1)CNC1CC1. The monoisotopic (exact) mass is 387 g/mol. The Hall–Kier alpha value is -1.16. The van der Waals surface area contributed by atoms with Gasteiger partial charge in [0.15, 0.2) is 0 Å². The molecule has 1 aliphatic rings. The lowest BCUT2D eigenvalue weighted by molar-refractivity contribution is 0.107. The van der Waals surface area contributed by atoms with E-state index < -0.39 is 0 Å². The van der Waals surface area contributed by atoms with Crippen molar-refractivity contribution in [2.24, 2.45) is 5.92 Å². The second-order valence-electron chi connectivity index (χ2n) is 6.67. The summed E-state index contributed by atoms with van der Waals surface area (Å²) in [5, 5.41) is 3.68. The van der Waals surface area contributed by atoms with E-state index in [-0.39, 0.29) is 0 Å². The molecule has 0 aliphatic heterocycles. The first-order valence-electron chi connectivity index (χ1n) is 8.89. The van der Waals surface area contributed by atoms with Gasteiger partial charge in [-0.05, 0) is 55.3 Å². The van der Waals surface area contributed by atoms with Crippen molar-refractivity contribution in [2.75, 3.05) is 13.2 Å². The summed E-state index contributed by atoms with van der Waals surface area (Å²) in [4.78, 5) is 0. The van der Waals surface area contributed by atoms with E-state index in [0.29, 0.717) is 12.5 Å². The number of halogens is 1. The first-order valence-corrected chi connectivity index (χ1v) is 9.69. The van der Waals surface area contributed by atoms with Crippen molar-refractivity contribution in [3.05, 3.63) is 70.2 Å². The third-order valence-corrected chi connectivity index (χ3v) is 5.29. The molecular formula is C21H26BrNO. The van der Waals surface area contributed by atoms with Crippen molar-refractivity contribution in [1.29, 1.82) is 0 Å². The lowest BCUT2D eigenvalue weighted by Crippen LogP contribution is -2.27. The van der Waals surface area contributed by atoms with Crippen LogP contribution in [0.15, 0.2) is 59.1 Å². The zero-order chi connectivity index (χ0) is 16.6. The topological polar surface area (TPSA) is 21.3 Å². The molecule has 1 fully saturated rings. The predicted octanol–water partition coefficient (Wildman–Crippen LogP) is 4.97. The summed E-state index contributed by atoms with van der Waals surface area (Å²) in [6.45, 7) is 2.61. The van der Waals surface area contributed by atoms with E-state index in [2.05, 4.69) is 69.8 Å². The molecule has 1 aliphatic carbocycles. The molecule has 2 nitrogen and oxygen atoms in total. The minimum atomic E-state index is 0.611. The number of hydrogen-bond acceptors (Lipinski definition) is 2. The maximum absolute atomic E-state index is 5.90. The van der Waals surface area contributed by atoms with Gasteiger partial charge in [-0.2, -0.15) is 0 Å². The van der Waals surface area contributed by atoms with Crippen LogP contribution in [0.2, 0.25) is 0 Å². The number of ether oxygens (including phenoxy) is 1. The maximum Gasteiger partial charge on any atom is 0.0716 e. The summed E-state index contributed by atoms with van der Waals surface area (Å²) in [6, 6.07) is 19.7. The van der Waals surface area contributed by atoms with Gasteiger partial charge in [-0.25, -0.2) is 0 Å². The van der Waals surface area contributed by atoms with Gasteiger partial charge in [-0.3, -0.25) is 0 Å². The Balaban J connectivity index is 1.47. The van der Waals surface area contributed by atoms with Crippen LogP contribution in [0.5, 0.6) is 0 Å². The predicted molar refractivity (Wildman–Crippen MR) is 103 cm³/mol.